The van der Waals surface area contributed by atoms with E-state index in [4.69, 9.17) is 16.3 Å². The van der Waals surface area contributed by atoms with Gasteiger partial charge in [0.05, 0.1) is 5.52 Å². The van der Waals surface area contributed by atoms with Crippen LogP contribution in [0.25, 0.3) is 10.9 Å². The van der Waals surface area contributed by atoms with Gasteiger partial charge in [0.15, 0.2) is 0 Å². The molecule has 3 aromatic rings. The Morgan fingerprint density at radius 1 is 1.21 bits per heavy atom. The number of aromatic nitrogens is 1. The van der Waals surface area contributed by atoms with Crippen LogP contribution in [0, 0.1) is 0 Å². The maximum Gasteiger partial charge on any atom is 0.124 e. The average Bonchev–Trinajstić information content (AvgIpc) is 2.72. The van der Waals surface area contributed by atoms with Crippen LogP contribution < -0.4 is 4.74 Å². The van der Waals surface area contributed by atoms with Crippen LogP contribution in [0.4, 0.5) is 0 Å². The predicted octanol–water partition coefficient (Wildman–Crippen LogP) is 4.67. The smallest absolute Gasteiger partial charge is 0.124 e. The van der Waals surface area contributed by atoms with Crippen LogP contribution in [0.15, 0.2) is 54.7 Å². The minimum Gasteiger partial charge on any atom is -0.489 e. The highest BCUT2D eigenvalue weighted by molar-refractivity contribution is 6.30. The van der Waals surface area contributed by atoms with Gasteiger partial charge in [-0.25, -0.2) is 0 Å². The number of halogens is 1. The normalized spacial score (nSPS) is 18.0. The molecular weight excluding hydrogens is 320 g/mol. The molecule has 1 unspecified atom stereocenters. The molecule has 4 rings (SSSR count). The lowest BCUT2D eigenvalue weighted by Gasteiger charge is -2.22. The molecule has 3 nitrogen and oxygen atoms in total. The van der Waals surface area contributed by atoms with Crippen molar-refractivity contribution in [2.24, 2.45) is 0 Å². The summed E-state index contributed by atoms with van der Waals surface area (Å²) in [6, 6.07) is 16.3. The van der Waals surface area contributed by atoms with E-state index in [0.717, 1.165) is 41.5 Å². The first kappa shape index (κ1) is 15.4. The van der Waals surface area contributed by atoms with Gasteiger partial charge in [0, 0.05) is 41.8 Å². The molecular formula is C20H19ClN2O. The summed E-state index contributed by atoms with van der Waals surface area (Å²) in [5, 5.41) is 1.93. The summed E-state index contributed by atoms with van der Waals surface area (Å²) in [5.41, 5.74) is 3.45. The standard InChI is InChI=1S/C20H19ClN2O/c1-14-11-23(13-17-10-18(21)7-8-19(17)24-14)12-16-5-2-4-15-6-3-9-22-20(15)16/h2-10,14H,11-13H2,1H3. The average molecular weight is 339 g/mol. The highest BCUT2D eigenvalue weighted by atomic mass is 35.5. The molecule has 0 saturated heterocycles. The van der Waals surface area contributed by atoms with Gasteiger partial charge in [0.25, 0.3) is 0 Å². The zero-order valence-electron chi connectivity index (χ0n) is 13.6. The molecule has 0 spiro atoms. The number of fused-ring (bicyclic) bond motifs is 2. The quantitative estimate of drug-likeness (QED) is 0.679. The number of benzene rings is 2. The van der Waals surface area contributed by atoms with Gasteiger partial charge in [-0.15, -0.1) is 0 Å². The van der Waals surface area contributed by atoms with Crippen LogP contribution in [0.1, 0.15) is 18.1 Å². The molecule has 1 atom stereocenters. The Morgan fingerprint density at radius 3 is 3.00 bits per heavy atom. The van der Waals surface area contributed by atoms with Gasteiger partial charge in [-0.2, -0.15) is 0 Å². The molecule has 0 aliphatic carbocycles. The Labute approximate surface area is 146 Å². The van der Waals surface area contributed by atoms with Gasteiger partial charge in [0.2, 0.25) is 0 Å². The molecule has 1 aliphatic rings. The third-order valence-electron chi connectivity index (χ3n) is 4.37. The SMILES string of the molecule is CC1CN(Cc2cccc3cccnc23)Cc2cc(Cl)ccc2O1. The Balaban J connectivity index is 1.66. The lowest BCUT2D eigenvalue weighted by Crippen LogP contribution is -2.30. The fourth-order valence-electron chi connectivity index (χ4n) is 3.37. The fourth-order valence-corrected chi connectivity index (χ4v) is 3.56. The second-order valence-electron chi connectivity index (χ2n) is 6.34. The molecule has 1 aliphatic heterocycles. The van der Waals surface area contributed by atoms with Crippen molar-refractivity contribution < 1.29 is 4.74 Å². The van der Waals surface area contributed by atoms with E-state index < -0.39 is 0 Å². The topological polar surface area (TPSA) is 25.4 Å². The van der Waals surface area contributed by atoms with Crippen molar-refractivity contribution in [2.45, 2.75) is 26.1 Å². The molecule has 1 aromatic heterocycles. The first-order valence-electron chi connectivity index (χ1n) is 8.19. The Morgan fingerprint density at radius 2 is 2.08 bits per heavy atom. The zero-order valence-corrected chi connectivity index (χ0v) is 14.3. The largest absolute Gasteiger partial charge is 0.489 e. The highest BCUT2D eigenvalue weighted by Gasteiger charge is 2.21. The molecule has 2 heterocycles. The van der Waals surface area contributed by atoms with E-state index in [9.17, 15) is 0 Å². The van der Waals surface area contributed by atoms with Crippen LogP contribution >= 0.6 is 11.6 Å². The zero-order chi connectivity index (χ0) is 16.5. The van der Waals surface area contributed by atoms with E-state index in [-0.39, 0.29) is 6.10 Å². The molecule has 0 fully saturated rings. The molecule has 122 valence electrons. The van der Waals surface area contributed by atoms with Crippen molar-refractivity contribution in [3.05, 3.63) is 70.9 Å². The van der Waals surface area contributed by atoms with Crippen molar-refractivity contribution in [3.8, 4) is 5.75 Å². The van der Waals surface area contributed by atoms with Gasteiger partial charge in [0.1, 0.15) is 11.9 Å². The van der Waals surface area contributed by atoms with Gasteiger partial charge in [-0.1, -0.05) is 35.9 Å². The maximum absolute atomic E-state index is 6.17. The van der Waals surface area contributed by atoms with Crippen molar-refractivity contribution in [2.75, 3.05) is 6.54 Å². The minimum absolute atomic E-state index is 0.135. The summed E-state index contributed by atoms with van der Waals surface area (Å²) in [5.74, 6) is 0.936. The molecule has 0 saturated carbocycles. The van der Waals surface area contributed by atoms with Crippen molar-refractivity contribution in [1.82, 2.24) is 9.88 Å². The Hall–Kier alpha value is -2.10. The van der Waals surface area contributed by atoms with Crippen LogP contribution in [0.2, 0.25) is 5.02 Å². The van der Waals surface area contributed by atoms with Crippen LogP contribution in [0.5, 0.6) is 5.75 Å². The van der Waals surface area contributed by atoms with E-state index in [1.807, 2.05) is 30.5 Å². The highest BCUT2D eigenvalue weighted by Crippen LogP contribution is 2.29. The lowest BCUT2D eigenvalue weighted by molar-refractivity contribution is 0.156. The van der Waals surface area contributed by atoms with E-state index in [1.165, 1.54) is 10.9 Å². The van der Waals surface area contributed by atoms with E-state index in [1.54, 1.807) is 0 Å². The molecule has 0 N–H and O–H groups in total. The number of hydrogen-bond acceptors (Lipinski definition) is 3. The number of ether oxygens (including phenoxy) is 1. The molecule has 4 heteroatoms. The van der Waals surface area contributed by atoms with Gasteiger partial charge in [-0.3, -0.25) is 9.88 Å². The van der Waals surface area contributed by atoms with Gasteiger partial charge < -0.3 is 4.74 Å². The molecule has 2 aromatic carbocycles. The van der Waals surface area contributed by atoms with Crippen molar-refractivity contribution in [3.63, 3.8) is 0 Å². The molecule has 0 amide bonds. The van der Waals surface area contributed by atoms with Crippen molar-refractivity contribution in [1.29, 1.82) is 0 Å². The molecule has 0 radical (unpaired) electrons. The molecule has 0 bridgehead atoms. The monoisotopic (exact) mass is 338 g/mol. The maximum atomic E-state index is 6.17. The van der Waals surface area contributed by atoms with E-state index >= 15 is 0 Å². The Bertz CT molecular complexity index is 875. The minimum atomic E-state index is 0.135. The summed E-state index contributed by atoms with van der Waals surface area (Å²) < 4.78 is 6.05. The summed E-state index contributed by atoms with van der Waals surface area (Å²) >= 11 is 6.17. The Kier molecular flexibility index (Phi) is 4.13. The third kappa shape index (κ3) is 3.10. The number of nitrogens with zero attached hydrogens (tertiary/aromatic N) is 2. The third-order valence-corrected chi connectivity index (χ3v) is 4.61. The first-order valence-corrected chi connectivity index (χ1v) is 8.57. The summed E-state index contributed by atoms with van der Waals surface area (Å²) in [6.45, 7) is 4.64. The summed E-state index contributed by atoms with van der Waals surface area (Å²) in [4.78, 5) is 6.97. The summed E-state index contributed by atoms with van der Waals surface area (Å²) in [7, 11) is 0. The summed E-state index contributed by atoms with van der Waals surface area (Å²) in [6.07, 6.45) is 1.99. The fraction of sp³-hybridized carbons (Fsp3) is 0.250. The number of rotatable bonds is 2. The lowest BCUT2D eigenvalue weighted by atomic mass is 10.1. The number of pyridine rings is 1. The van der Waals surface area contributed by atoms with E-state index in [0.29, 0.717) is 0 Å². The predicted molar refractivity (Wildman–Crippen MR) is 97.4 cm³/mol. The number of hydrogen-bond donors (Lipinski definition) is 0. The van der Waals surface area contributed by atoms with Gasteiger partial charge in [-0.05, 0) is 36.8 Å². The first-order chi connectivity index (χ1) is 11.7. The second kappa shape index (κ2) is 6.42. The molecule has 24 heavy (non-hydrogen) atoms. The van der Waals surface area contributed by atoms with Crippen LogP contribution in [-0.4, -0.2) is 22.5 Å². The van der Waals surface area contributed by atoms with Crippen LogP contribution in [0.3, 0.4) is 0 Å². The second-order valence-corrected chi connectivity index (χ2v) is 6.78. The van der Waals surface area contributed by atoms with Crippen molar-refractivity contribution >= 4 is 22.5 Å². The van der Waals surface area contributed by atoms with E-state index in [2.05, 4.69) is 41.1 Å². The van der Waals surface area contributed by atoms with Crippen LogP contribution in [-0.2, 0) is 13.1 Å². The van der Waals surface area contributed by atoms with Gasteiger partial charge >= 0.3 is 0 Å². The number of para-hydroxylation sites is 1.